The third-order valence-electron chi connectivity index (χ3n) is 4.32. The molecule has 0 fully saturated rings. The zero-order chi connectivity index (χ0) is 18.1. The Balaban J connectivity index is 1.82. The van der Waals surface area contributed by atoms with Crippen molar-refractivity contribution in [1.29, 1.82) is 0 Å². The molecule has 1 atom stereocenters. The van der Waals surface area contributed by atoms with Crippen LogP contribution >= 0.6 is 11.3 Å². The Kier molecular flexibility index (Phi) is 4.71. The Morgan fingerprint density at radius 3 is 2.88 bits per heavy atom. The molecular formula is C17H20N4O3S. The second-order valence-electron chi connectivity index (χ2n) is 6.55. The zero-order valence-electron chi connectivity index (χ0n) is 14.4. The van der Waals surface area contributed by atoms with Crippen molar-refractivity contribution in [3.05, 3.63) is 44.4 Å². The van der Waals surface area contributed by atoms with Crippen molar-refractivity contribution < 1.29 is 9.72 Å². The lowest BCUT2D eigenvalue weighted by Gasteiger charge is -2.15. The molecule has 1 aliphatic carbocycles. The first-order chi connectivity index (χ1) is 11.8. The Bertz CT molecular complexity index is 831. The maximum absolute atomic E-state index is 12.5. The van der Waals surface area contributed by atoms with Crippen molar-refractivity contribution in [3.8, 4) is 0 Å². The summed E-state index contributed by atoms with van der Waals surface area (Å²) in [4.78, 5) is 30.6. The Labute approximate surface area is 149 Å². The number of rotatable bonds is 4. The van der Waals surface area contributed by atoms with E-state index in [1.165, 1.54) is 22.3 Å². The van der Waals surface area contributed by atoms with Crippen LogP contribution < -0.4 is 10.2 Å². The molecule has 0 spiro atoms. The maximum Gasteiger partial charge on any atom is 0.293 e. The first kappa shape index (κ1) is 17.3. The molecular weight excluding hydrogens is 340 g/mol. The molecule has 0 bridgehead atoms. The number of carbonyl (C=O) groups excluding carboxylic acids is 1. The molecule has 25 heavy (non-hydrogen) atoms. The van der Waals surface area contributed by atoms with Crippen LogP contribution in [0.3, 0.4) is 0 Å². The van der Waals surface area contributed by atoms with Crippen LogP contribution in [0.1, 0.15) is 34.3 Å². The summed E-state index contributed by atoms with van der Waals surface area (Å²) in [6, 6.07) is 4.48. The number of hydrogen-bond acceptors (Lipinski definition) is 6. The van der Waals surface area contributed by atoms with Gasteiger partial charge in [-0.1, -0.05) is 6.92 Å². The Morgan fingerprint density at radius 2 is 2.20 bits per heavy atom. The van der Waals surface area contributed by atoms with Gasteiger partial charge < -0.3 is 4.90 Å². The number of nitrogens with one attached hydrogen (secondary N) is 1. The normalized spacial score (nSPS) is 16.2. The number of nitrogens with zero attached hydrogens (tertiary/aromatic N) is 3. The summed E-state index contributed by atoms with van der Waals surface area (Å²) in [5.74, 6) is 0.255. The third-order valence-corrected chi connectivity index (χ3v) is 5.36. The van der Waals surface area contributed by atoms with Crippen molar-refractivity contribution in [3.63, 3.8) is 0 Å². The summed E-state index contributed by atoms with van der Waals surface area (Å²) in [5.41, 5.74) is 1.68. The number of amides is 1. The Hall–Kier alpha value is -2.48. The number of hydrogen-bond donors (Lipinski definition) is 1. The first-order valence-corrected chi connectivity index (χ1v) is 8.92. The lowest BCUT2D eigenvalue weighted by Crippen LogP contribution is -2.15. The topological polar surface area (TPSA) is 88.4 Å². The van der Waals surface area contributed by atoms with Crippen LogP contribution in [0.4, 0.5) is 16.5 Å². The van der Waals surface area contributed by atoms with Crippen molar-refractivity contribution in [2.24, 2.45) is 5.92 Å². The minimum Gasteiger partial charge on any atom is -0.372 e. The first-order valence-electron chi connectivity index (χ1n) is 8.11. The lowest BCUT2D eigenvalue weighted by molar-refractivity contribution is -0.384. The van der Waals surface area contributed by atoms with E-state index in [4.69, 9.17) is 0 Å². The molecule has 1 unspecified atom stereocenters. The molecule has 8 heteroatoms. The van der Waals surface area contributed by atoms with Crippen LogP contribution in [0.25, 0.3) is 0 Å². The number of aryl methyl sites for hydroxylation is 1. The fourth-order valence-corrected chi connectivity index (χ4v) is 4.12. The Morgan fingerprint density at radius 1 is 1.44 bits per heavy atom. The molecule has 0 saturated carbocycles. The SMILES string of the molecule is CC1CCc2nc(NC(=O)c3ccc(N(C)C)c([N+](=O)[O-])c3)sc2C1. The molecule has 7 nitrogen and oxygen atoms in total. The van der Waals surface area contributed by atoms with Gasteiger partial charge in [-0.25, -0.2) is 4.98 Å². The van der Waals surface area contributed by atoms with Gasteiger partial charge in [-0.05, 0) is 37.3 Å². The summed E-state index contributed by atoms with van der Waals surface area (Å²) in [5, 5.41) is 14.6. The number of nitro benzene ring substituents is 1. The average Bonchev–Trinajstić information content (AvgIpc) is 2.95. The number of fused-ring (bicyclic) bond motifs is 1. The summed E-state index contributed by atoms with van der Waals surface area (Å²) >= 11 is 1.50. The second kappa shape index (κ2) is 6.79. The predicted molar refractivity (Wildman–Crippen MR) is 98.7 cm³/mol. The number of benzene rings is 1. The largest absolute Gasteiger partial charge is 0.372 e. The maximum atomic E-state index is 12.5. The number of nitro groups is 1. The van der Waals surface area contributed by atoms with Crippen molar-refractivity contribution >= 4 is 33.8 Å². The predicted octanol–water partition coefficient (Wildman–Crippen LogP) is 3.49. The van der Waals surface area contributed by atoms with E-state index in [0.29, 0.717) is 16.7 Å². The molecule has 1 aromatic heterocycles. The van der Waals surface area contributed by atoms with E-state index in [2.05, 4.69) is 17.2 Å². The van der Waals surface area contributed by atoms with Gasteiger partial charge in [0, 0.05) is 30.6 Å². The van der Waals surface area contributed by atoms with E-state index < -0.39 is 4.92 Å². The summed E-state index contributed by atoms with van der Waals surface area (Å²) in [7, 11) is 3.45. The van der Waals surface area contributed by atoms with Crippen LogP contribution in [0.2, 0.25) is 0 Å². The fourth-order valence-electron chi connectivity index (χ4n) is 2.95. The minimum absolute atomic E-state index is 0.0927. The molecule has 0 aliphatic heterocycles. The number of anilines is 2. The van der Waals surface area contributed by atoms with Gasteiger partial charge in [0.05, 0.1) is 10.6 Å². The number of aromatic nitrogens is 1. The standard InChI is InChI=1S/C17H20N4O3S/c1-10-4-6-12-15(8-10)25-17(18-12)19-16(22)11-5-7-13(20(2)3)14(9-11)21(23)24/h5,7,9-10H,4,6,8H2,1-3H3,(H,18,19,22). The van der Waals surface area contributed by atoms with E-state index in [-0.39, 0.29) is 17.2 Å². The highest BCUT2D eigenvalue weighted by molar-refractivity contribution is 7.15. The van der Waals surface area contributed by atoms with Crippen LogP contribution in [-0.4, -0.2) is 29.9 Å². The van der Waals surface area contributed by atoms with Crippen LogP contribution in [0.5, 0.6) is 0 Å². The summed E-state index contributed by atoms with van der Waals surface area (Å²) < 4.78 is 0. The van der Waals surface area contributed by atoms with Crippen molar-refractivity contribution in [2.75, 3.05) is 24.3 Å². The van der Waals surface area contributed by atoms with Gasteiger partial charge in [-0.2, -0.15) is 0 Å². The van der Waals surface area contributed by atoms with Crippen LogP contribution in [0, 0.1) is 16.0 Å². The molecule has 2 aromatic rings. The quantitative estimate of drug-likeness (QED) is 0.666. The average molecular weight is 360 g/mol. The number of thiazole rings is 1. The second-order valence-corrected chi connectivity index (χ2v) is 7.63. The lowest BCUT2D eigenvalue weighted by atomic mass is 9.93. The summed E-state index contributed by atoms with van der Waals surface area (Å²) in [6.07, 6.45) is 3.04. The molecule has 0 saturated heterocycles. The monoisotopic (exact) mass is 360 g/mol. The zero-order valence-corrected chi connectivity index (χ0v) is 15.2. The van der Waals surface area contributed by atoms with Gasteiger partial charge >= 0.3 is 0 Å². The van der Waals surface area contributed by atoms with Gasteiger partial charge in [0.2, 0.25) is 0 Å². The van der Waals surface area contributed by atoms with E-state index in [9.17, 15) is 14.9 Å². The molecule has 1 N–H and O–H groups in total. The summed E-state index contributed by atoms with van der Waals surface area (Å²) in [6.45, 7) is 2.21. The molecule has 1 amide bonds. The highest BCUT2D eigenvalue weighted by Crippen LogP contribution is 2.33. The van der Waals surface area contributed by atoms with Crippen LogP contribution in [-0.2, 0) is 12.8 Å². The molecule has 0 radical (unpaired) electrons. The highest BCUT2D eigenvalue weighted by Gasteiger charge is 2.22. The molecule has 3 rings (SSSR count). The van der Waals surface area contributed by atoms with Gasteiger partial charge in [0.25, 0.3) is 11.6 Å². The highest BCUT2D eigenvalue weighted by atomic mass is 32.1. The van der Waals surface area contributed by atoms with Gasteiger partial charge in [-0.15, -0.1) is 11.3 Å². The third kappa shape index (κ3) is 3.63. The van der Waals surface area contributed by atoms with Gasteiger partial charge in [0.1, 0.15) is 5.69 Å². The van der Waals surface area contributed by atoms with E-state index in [1.54, 1.807) is 31.1 Å². The van der Waals surface area contributed by atoms with E-state index in [0.717, 1.165) is 25.0 Å². The molecule has 1 heterocycles. The van der Waals surface area contributed by atoms with E-state index >= 15 is 0 Å². The smallest absolute Gasteiger partial charge is 0.293 e. The van der Waals surface area contributed by atoms with Crippen molar-refractivity contribution in [1.82, 2.24) is 4.98 Å². The van der Waals surface area contributed by atoms with Crippen molar-refractivity contribution in [2.45, 2.75) is 26.2 Å². The van der Waals surface area contributed by atoms with Gasteiger partial charge in [-0.3, -0.25) is 20.2 Å². The minimum atomic E-state index is -0.477. The molecule has 1 aromatic carbocycles. The molecule has 1 aliphatic rings. The van der Waals surface area contributed by atoms with Crippen LogP contribution in [0.15, 0.2) is 18.2 Å². The van der Waals surface area contributed by atoms with E-state index in [1.807, 2.05) is 0 Å². The molecule has 132 valence electrons. The number of carbonyl (C=O) groups is 1. The van der Waals surface area contributed by atoms with Gasteiger partial charge in [0.15, 0.2) is 5.13 Å². The fraction of sp³-hybridized carbons (Fsp3) is 0.412.